The highest BCUT2D eigenvalue weighted by Gasteiger charge is 2.14. The van der Waals surface area contributed by atoms with E-state index >= 15 is 0 Å². The molecule has 0 saturated carbocycles. The molecule has 4 heteroatoms. The highest BCUT2D eigenvalue weighted by Crippen LogP contribution is 2.19. The number of benzene rings is 2. The summed E-state index contributed by atoms with van der Waals surface area (Å²) in [6, 6.07) is 15.3. The summed E-state index contributed by atoms with van der Waals surface area (Å²) in [5.41, 5.74) is 2.26. The number of hydrogen-bond donors (Lipinski definition) is 1. The second-order valence-electron chi connectivity index (χ2n) is 5.14. The second kappa shape index (κ2) is 7.50. The van der Waals surface area contributed by atoms with E-state index in [-0.39, 0.29) is 5.91 Å². The lowest BCUT2D eigenvalue weighted by atomic mass is 10.1. The van der Waals surface area contributed by atoms with Gasteiger partial charge < -0.3 is 14.8 Å². The van der Waals surface area contributed by atoms with Crippen LogP contribution in [0.25, 0.3) is 0 Å². The number of ether oxygens (including phenoxy) is 2. The molecule has 116 valence electrons. The first-order valence-electron chi connectivity index (χ1n) is 7.22. The number of hydrogen-bond acceptors (Lipinski definition) is 3. The molecule has 1 N–H and O–H groups in total. The van der Waals surface area contributed by atoms with Crippen molar-refractivity contribution in [3.05, 3.63) is 59.7 Å². The van der Waals surface area contributed by atoms with Crippen molar-refractivity contribution >= 4 is 5.91 Å². The fourth-order valence-corrected chi connectivity index (χ4v) is 1.97. The van der Waals surface area contributed by atoms with Crippen molar-refractivity contribution in [2.45, 2.75) is 26.5 Å². The molecule has 0 aliphatic rings. The van der Waals surface area contributed by atoms with Gasteiger partial charge >= 0.3 is 0 Å². The number of nitrogens with one attached hydrogen (secondary N) is 1. The Labute approximate surface area is 131 Å². The Morgan fingerprint density at radius 2 is 1.82 bits per heavy atom. The van der Waals surface area contributed by atoms with Crippen LogP contribution in [0.15, 0.2) is 48.5 Å². The van der Waals surface area contributed by atoms with Gasteiger partial charge in [-0.25, -0.2) is 0 Å². The van der Waals surface area contributed by atoms with Gasteiger partial charge in [0.2, 0.25) is 0 Å². The number of methoxy groups -OCH3 is 1. The average molecular weight is 299 g/mol. The van der Waals surface area contributed by atoms with Crippen molar-refractivity contribution in [3.8, 4) is 11.5 Å². The van der Waals surface area contributed by atoms with E-state index < -0.39 is 6.10 Å². The normalized spacial score (nSPS) is 11.6. The van der Waals surface area contributed by atoms with E-state index in [1.807, 2.05) is 43.3 Å². The van der Waals surface area contributed by atoms with Crippen LogP contribution >= 0.6 is 0 Å². The Morgan fingerprint density at radius 1 is 1.14 bits per heavy atom. The van der Waals surface area contributed by atoms with E-state index in [9.17, 15) is 4.79 Å². The third-order valence-corrected chi connectivity index (χ3v) is 3.31. The molecule has 0 spiro atoms. The summed E-state index contributed by atoms with van der Waals surface area (Å²) in [7, 11) is 1.59. The second-order valence-corrected chi connectivity index (χ2v) is 5.14. The topological polar surface area (TPSA) is 47.6 Å². The molecule has 0 bridgehead atoms. The maximum Gasteiger partial charge on any atom is 0.261 e. The Kier molecular flexibility index (Phi) is 5.42. The van der Waals surface area contributed by atoms with Crippen LogP contribution in [-0.4, -0.2) is 19.1 Å². The minimum Gasteiger partial charge on any atom is -0.497 e. The molecule has 2 aromatic rings. The number of carbonyl (C=O) groups excluding carboxylic acids is 1. The van der Waals surface area contributed by atoms with E-state index in [1.54, 1.807) is 26.2 Å². The third kappa shape index (κ3) is 4.52. The molecular formula is C18H21NO3. The highest BCUT2D eigenvalue weighted by atomic mass is 16.5. The summed E-state index contributed by atoms with van der Waals surface area (Å²) < 4.78 is 10.8. The van der Waals surface area contributed by atoms with Gasteiger partial charge in [-0.05, 0) is 31.5 Å². The van der Waals surface area contributed by atoms with Crippen molar-refractivity contribution in [3.63, 3.8) is 0 Å². The Balaban J connectivity index is 1.87. The summed E-state index contributed by atoms with van der Waals surface area (Å²) >= 11 is 0. The first-order chi connectivity index (χ1) is 10.6. The van der Waals surface area contributed by atoms with Crippen LogP contribution in [-0.2, 0) is 11.3 Å². The zero-order valence-corrected chi connectivity index (χ0v) is 13.1. The average Bonchev–Trinajstić information content (AvgIpc) is 2.54. The van der Waals surface area contributed by atoms with Crippen molar-refractivity contribution in [2.24, 2.45) is 0 Å². The first-order valence-corrected chi connectivity index (χ1v) is 7.22. The quantitative estimate of drug-likeness (QED) is 0.891. The maximum atomic E-state index is 12.1. The summed E-state index contributed by atoms with van der Waals surface area (Å²) in [6.07, 6.45) is -0.572. The van der Waals surface area contributed by atoms with Crippen LogP contribution in [0, 0.1) is 6.92 Å². The monoisotopic (exact) mass is 299 g/mol. The summed E-state index contributed by atoms with van der Waals surface area (Å²) in [5.74, 6) is 1.16. The lowest BCUT2D eigenvalue weighted by molar-refractivity contribution is -0.127. The van der Waals surface area contributed by atoms with Gasteiger partial charge in [0.15, 0.2) is 6.10 Å². The number of amides is 1. The number of rotatable bonds is 6. The molecule has 0 radical (unpaired) electrons. The molecule has 0 fully saturated rings. The van der Waals surface area contributed by atoms with Crippen molar-refractivity contribution in [1.29, 1.82) is 0 Å². The SMILES string of the molecule is COc1cccc(OC(C)C(=O)NCc2ccc(C)cc2)c1. The molecule has 0 aliphatic carbocycles. The van der Waals surface area contributed by atoms with Gasteiger partial charge in [-0.1, -0.05) is 35.9 Å². The molecule has 1 amide bonds. The summed E-state index contributed by atoms with van der Waals surface area (Å²) in [5, 5.41) is 2.87. The molecule has 0 aromatic heterocycles. The lowest BCUT2D eigenvalue weighted by Gasteiger charge is -2.15. The van der Waals surface area contributed by atoms with Crippen molar-refractivity contribution in [1.82, 2.24) is 5.32 Å². The van der Waals surface area contributed by atoms with E-state index in [0.717, 1.165) is 5.56 Å². The molecule has 2 rings (SSSR count). The smallest absolute Gasteiger partial charge is 0.261 e. The van der Waals surface area contributed by atoms with Crippen LogP contribution in [0.4, 0.5) is 0 Å². The first kappa shape index (κ1) is 15.9. The van der Waals surface area contributed by atoms with Crippen LogP contribution in [0.3, 0.4) is 0 Å². The van der Waals surface area contributed by atoms with Crippen molar-refractivity contribution in [2.75, 3.05) is 7.11 Å². The zero-order chi connectivity index (χ0) is 15.9. The van der Waals surface area contributed by atoms with Gasteiger partial charge in [0.05, 0.1) is 7.11 Å². The predicted molar refractivity (Wildman–Crippen MR) is 86.1 cm³/mol. The third-order valence-electron chi connectivity index (χ3n) is 3.31. The molecule has 0 heterocycles. The van der Waals surface area contributed by atoms with Gasteiger partial charge in [0.1, 0.15) is 11.5 Å². The van der Waals surface area contributed by atoms with E-state index in [2.05, 4.69) is 5.32 Å². The predicted octanol–water partition coefficient (Wildman–Crippen LogP) is 3.09. The Hall–Kier alpha value is -2.49. The highest BCUT2D eigenvalue weighted by molar-refractivity contribution is 5.80. The number of aryl methyl sites for hydroxylation is 1. The minimum absolute atomic E-state index is 0.150. The molecular weight excluding hydrogens is 278 g/mol. The molecule has 1 atom stereocenters. The molecule has 4 nitrogen and oxygen atoms in total. The Morgan fingerprint density at radius 3 is 2.50 bits per heavy atom. The zero-order valence-electron chi connectivity index (χ0n) is 13.1. The summed E-state index contributed by atoms with van der Waals surface area (Å²) in [6.45, 7) is 4.25. The molecule has 22 heavy (non-hydrogen) atoms. The van der Waals surface area contributed by atoms with Crippen LogP contribution in [0.5, 0.6) is 11.5 Å². The van der Waals surface area contributed by atoms with Gasteiger partial charge in [-0.15, -0.1) is 0 Å². The largest absolute Gasteiger partial charge is 0.497 e. The van der Waals surface area contributed by atoms with E-state index in [4.69, 9.17) is 9.47 Å². The van der Waals surface area contributed by atoms with Crippen LogP contribution in [0.1, 0.15) is 18.1 Å². The molecule has 1 unspecified atom stereocenters. The van der Waals surface area contributed by atoms with Crippen LogP contribution < -0.4 is 14.8 Å². The van der Waals surface area contributed by atoms with E-state index in [1.165, 1.54) is 5.56 Å². The van der Waals surface area contributed by atoms with Gasteiger partial charge in [-0.3, -0.25) is 4.79 Å². The Bertz CT molecular complexity index is 622. The maximum absolute atomic E-state index is 12.1. The van der Waals surface area contributed by atoms with Gasteiger partial charge in [0, 0.05) is 12.6 Å². The fourth-order valence-electron chi connectivity index (χ4n) is 1.97. The lowest BCUT2D eigenvalue weighted by Crippen LogP contribution is -2.35. The molecule has 0 saturated heterocycles. The summed E-state index contributed by atoms with van der Waals surface area (Å²) in [4.78, 5) is 12.1. The van der Waals surface area contributed by atoms with E-state index in [0.29, 0.717) is 18.0 Å². The molecule has 2 aromatic carbocycles. The fraction of sp³-hybridized carbons (Fsp3) is 0.278. The van der Waals surface area contributed by atoms with Crippen molar-refractivity contribution < 1.29 is 14.3 Å². The van der Waals surface area contributed by atoms with Crippen LogP contribution in [0.2, 0.25) is 0 Å². The molecule has 0 aliphatic heterocycles. The minimum atomic E-state index is -0.572. The van der Waals surface area contributed by atoms with Gasteiger partial charge in [-0.2, -0.15) is 0 Å². The van der Waals surface area contributed by atoms with Gasteiger partial charge in [0.25, 0.3) is 5.91 Å². The number of carbonyl (C=O) groups is 1. The standard InChI is InChI=1S/C18H21NO3/c1-13-7-9-15(10-8-13)12-19-18(20)14(2)22-17-6-4-5-16(11-17)21-3/h4-11,14H,12H2,1-3H3,(H,19,20).